The van der Waals surface area contributed by atoms with Crippen LogP contribution in [0.4, 0.5) is 0 Å². The number of rotatable bonds is 3. The number of ketones is 1. The summed E-state index contributed by atoms with van der Waals surface area (Å²) in [6.07, 6.45) is 3.51. The van der Waals surface area contributed by atoms with Crippen LogP contribution in [0.2, 0.25) is 0 Å². The highest BCUT2D eigenvalue weighted by Gasteiger charge is 2.12. The van der Waals surface area contributed by atoms with Crippen molar-refractivity contribution >= 4 is 23.2 Å². The second-order valence-corrected chi connectivity index (χ2v) is 6.49. The Morgan fingerprint density at radius 3 is 2.32 bits per heavy atom. The molecule has 1 aromatic heterocycles. The number of thiophene rings is 1. The molecule has 0 amide bonds. The van der Waals surface area contributed by atoms with E-state index in [9.17, 15) is 4.79 Å². The predicted molar refractivity (Wildman–Crippen MR) is 82.8 cm³/mol. The van der Waals surface area contributed by atoms with Gasteiger partial charge in [-0.1, -0.05) is 57.2 Å². The van der Waals surface area contributed by atoms with E-state index in [1.807, 2.05) is 23.6 Å². The lowest BCUT2D eigenvalue weighted by Gasteiger charge is -2.18. The van der Waals surface area contributed by atoms with E-state index in [0.29, 0.717) is 0 Å². The molecular weight excluding hydrogens is 252 g/mol. The van der Waals surface area contributed by atoms with Gasteiger partial charge in [0.25, 0.3) is 0 Å². The minimum absolute atomic E-state index is 0.0647. The lowest BCUT2D eigenvalue weighted by molar-refractivity contribution is 0.105. The van der Waals surface area contributed by atoms with E-state index < -0.39 is 0 Å². The Morgan fingerprint density at radius 2 is 1.79 bits per heavy atom. The Labute approximate surface area is 118 Å². The molecule has 0 aliphatic rings. The van der Waals surface area contributed by atoms with Crippen LogP contribution in [0.1, 0.15) is 41.6 Å². The monoisotopic (exact) mass is 270 g/mol. The van der Waals surface area contributed by atoms with Gasteiger partial charge in [-0.3, -0.25) is 4.79 Å². The van der Waals surface area contributed by atoms with Gasteiger partial charge in [0.2, 0.25) is 0 Å². The van der Waals surface area contributed by atoms with Crippen molar-refractivity contribution in [3.63, 3.8) is 0 Å². The third kappa shape index (κ3) is 3.65. The van der Waals surface area contributed by atoms with E-state index >= 15 is 0 Å². The molecule has 0 bridgehead atoms. The van der Waals surface area contributed by atoms with Gasteiger partial charge < -0.3 is 0 Å². The van der Waals surface area contributed by atoms with Crippen molar-refractivity contribution in [3.8, 4) is 0 Å². The fraction of sp³-hybridized carbons (Fsp3) is 0.235. The molecule has 0 saturated heterocycles. The average Bonchev–Trinajstić information content (AvgIpc) is 2.89. The summed E-state index contributed by atoms with van der Waals surface area (Å²) in [6, 6.07) is 12.1. The quantitative estimate of drug-likeness (QED) is 0.570. The lowest BCUT2D eigenvalue weighted by atomic mass is 9.87. The molecule has 0 spiro atoms. The van der Waals surface area contributed by atoms with Crippen LogP contribution in [-0.4, -0.2) is 5.78 Å². The van der Waals surface area contributed by atoms with E-state index in [2.05, 4.69) is 45.0 Å². The molecule has 1 heterocycles. The Hall–Kier alpha value is -1.67. The van der Waals surface area contributed by atoms with Crippen molar-refractivity contribution in [1.82, 2.24) is 0 Å². The van der Waals surface area contributed by atoms with Gasteiger partial charge in [-0.05, 0) is 34.1 Å². The second-order valence-electron chi connectivity index (χ2n) is 5.55. The zero-order valence-electron chi connectivity index (χ0n) is 11.5. The first kappa shape index (κ1) is 13.8. The molecule has 0 aliphatic heterocycles. The summed E-state index contributed by atoms with van der Waals surface area (Å²) in [5.41, 5.74) is 2.52. The third-order valence-electron chi connectivity index (χ3n) is 2.97. The fourth-order valence-corrected chi connectivity index (χ4v) is 2.41. The summed E-state index contributed by atoms with van der Waals surface area (Å²) in [5, 5.41) is 1.92. The molecule has 98 valence electrons. The highest BCUT2D eigenvalue weighted by Crippen LogP contribution is 2.22. The van der Waals surface area contributed by atoms with Gasteiger partial charge in [0.05, 0.1) is 4.88 Å². The van der Waals surface area contributed by atoms with E-state index in [1.54, 1.807) is 6.08 Å². The van der Waals surface area contributed by atoms with Gasteiger partial charge in [-0.2, -0.15) is 0 Å². The van der Waals surface area contributed by atoms with E-state index in [-0.39, 0.29) is 11.2 Å². The van der Waals surface area contributed by atoms with Gasteiger partial charge in [0.1, 0.15) is 0 Å². The molecule has 0 radical (unpaired) electrons. The molecule has 0 N–H and O–H groups in total. The zero-order valence-corrected chi connectivity index (χ0v) is 12.3. The number of carbonyl (C=O) groups is 1. The molecule has 0 atom stereocenters. The number of allylic oxidation sites excluding steroid dienone is 1. The number of hydrogen-bond acceptors (Lipinski definition) is 2. The van der Waals surface area contributed by atoms with E-state index in [1.165, 1.54) is 16.9 Å². The van der Waals surface area contributed by atoms with Crippen molar-refractivity contribution in [2.45, 2.75) is 26.2 Å². The topological polar surface area (TPSA) is 17.1 Å². The molecule has 2 rings (SSSR count). The van der Waals surface area contributed by atoms with E-state index in [0.717, 1.165) is 10.4 Å². The molecule has 1 aromatic carbocycles. The van der Waals surface area contributed by atoms with Gasteiger partial charge >= 0.3 is 0 Å². The summed E-state index contributed by atoms with van der Waals surface area (Å²) in [6.45, 7) is 6.58. The summed E-state index contributed by atoms with van der Waals surface area (Å²) in [7, 11) is 0. The molecule has 0 unspecified atom stereocenters. The number of carbonyl (C=O) groups excluding carboxylic acids is 1. The van der Waals surface area contributed by atoms with Gasteiger partial charge in [0.15, 0.2) is 5.78 Å². The van der Waals surface area contributed by atoms with E-state index in [4.69, 9.17) is 0 Å². The van der Waals surface area contributed by atoms with Crippen LogP contribution in [0, 0.1) is 0 Å². The number of benzene rings is 1. The number of hydrogen-bond donors (Lipinski definition) is 0. The first-order chi connectivity index (χ1) is 8.97. The Balaban J connectivity index is 2.10. The smallest absolute Gasteiger partial charge is 0.195 e. The largest absolute Gasteiger partial charge is 0.288 e. The predicted octanol–water partition coefficient (Wildman–Crippen LogP) is 4.94. The first-order valence-corrected chi connectivity index (χ1v) is 7.21. The Bertz CT molecular complexity index is 569. The second kappa shape index (κ2) is 5.54. The van der Waals surface area contributed by atoms with Crippen LogP contribution in [0.15, 0.2) is 47.9 Å². The van der Waals surface area contributed by atoms with Crippen molar-refractivity contribution in [1.29, 1.82) is 0 Å². The van der Waals surface area contributed by atoms with Crippen molar-refractivity contribution < 1.29 is 4.79 Å². The Morgan fingerprint density at radius 1 is 1.11 bits per heavy atom. The van der Waals surface area contributed by atoms with Gasteiger partial charge in [-0.25, -0.2) is 0 Å². The highest BCUT2D eigenvalue weighted by molar-refractivity contribution is 7.12. The van der Waals surface area contributed by atoms with Gasteiger partial charge in [0, 0.05) is 0 Å². The third-order valence-corrected chi connectivity index (χ3v) is 3.85. The van der Waals surface area contributed by atoms with Crippen molar-refractivity contribution in [3.05, 3.63) is 63.9 Å². The molecular formula is C17H18OS. The standard InChI is InChI=1S/C17H18OS/c1-17(2,3)14-9-6-13(7-10-14)8-11-15(18)16-5-4-12-19-16/h4-12H,1-3H3/b11-8-. The molecule has 0 fully saturated rings. The Kier molecular flexibility index (Phi) is 4.01. The van der Waals surface area contributed by atoms with Crippen LogP contribution in [-0.2, 0) is 5.41 Å². The average molecular weight is 270 g/mol. The lowest BCUT2D eigenvalue weighted by Crippen LogP contribution is -2.10. The summed E-state index contributed by atoms with van der Waals surface area (Å²) >= 11 is 1.47. The normalized spacial score (nSPS) is 11.9. The van der Waals surface area contributed by atoms with Crippen LogP contribution >= 0.6 is 11.3 Å². The molecule has 2 aromatic rings. The SMILES string of the molecule is CC(C)(C)c1ccc(/C=C\C(=O)c2cccs2)cc1. The molecule has 0 saturated carbocycles. The minimum atomic E-state index is 0.0647. The maximum Gasteiger partial charge on any atom is 0.195 e. The summed E-state index contributed by atoms with van der Waals surface area (Å²) < 4.78 is 0. The maximum atomic E-state index is 11.8. The van der Waals surface area contributed by atoms with Crippen LogP contribution in [0.5, 0.6) is 0 Å². The minimum Gasteiger partial charge on any atom is -0.288 e. The van der Waals surface area contributed by atoms with Crippen molar-refractivity contribution in [2.75, 3.05) is 0 Å². The van der Waals surface area contributed by atoms with Crippen LogP contribution < -0.4 is 0 Å². The van der Waals surface area contributed by atoms with Crippen LogP contribution in [0.25, 0.3) is 6.08 Å². The molecule has 1 nitrogen and oxygen atoms in total. The molecule has 0 aliphatic carbocycles. The summed E-state index contributed by atoms with van der Waals surface area (Å²) in [5.74, 6) is 0.0647. The fourth-order valence-electron chi connectivity index (χ4n) is 1.77. The molecule has 19 heavy (non-hydrogen) atoms. The first-order valence-electron chi connectivity index (χ1n) is 6.33. The molecule has 2 heteroatoms. The van der Waals surface area contributed by atoms with Crippen LogP contribution in [0.3, 0.4) is 0 Å². The highest BCUT2D eigenvalue weighted by atomic mass is 32.1. The van der Waals surface area contributed by atoms with Gasteiger partial charge in [-0.15, -0.1) is 11.3 Å². The van der Waals surface area contributed by atoms with Crippen molar-refractivity contribution in [2.24, 2.45) is 0 Å². The summed E-state index contributed by atoms with van der Waals surface area (Å²) in [4.78, 5) is 12.6. The maximum absolute atomic E-state index is 11.8. The zero-order chi connectivity index (χ0) is 13.9.